The molecule has 2 aromatic heterocycles. The second-order valence-corrected chi connectivity index (χ2v) is 11.7. The topological polar surface area (TPSA) is 69.7 Å². The zero-order valence-electron chi connectivity index (χ0n) is 16.3. The van der Waals surface area contributed by atoms with Gasteiger partial charge in [-0.3, -0.25) is 9.69 Å². The molecule has 1 amide bonds. The molecule has 9 heteroatoms. The summed E-state index contributed by atoms with van der Waals surface area (Å²) in [5, 5.41) is 6.98. The van der Waals surface area contributed by atoms with E-state index in [9.17, 15) is 13.2 Å². The smallest absolute Gasteiger partial charge is 0.252 e. The lowest BCUT2D eigenvalue weighted by Gasteiger charge is -2.32. The van der Waals surface area contributed by atoms with Crippen molar-refractivity contribution in [3.8, 4) is 0 Å². The van der Waals surface area contributed by atoms with E-state index in [0.29, 0.717) is 23.7 Å². The standard InChI is InChI=1S/C20H27N3O3S3/c24-20(21-14-17(18-7-4-12-27-18)22-9-1-2-10-22)16-6-3-11-23(15-16)29(25,26)19-8-5-13-28-19/h4-5,7-8,12-13,16-17H,1-3,6,9-11,14-15H2,(H,21,24)/t16-,17-/m1/s1. The second kappa shape index (κ2) is 9.26. The maximum absolute atomic E-state index is 12.9. The van der Waals surface area contributed by atoms with Gasteiger partial charge in [-0.2, -0.15) is 4.31 Å². The van der Waals surface area contributed by atoms with Crippen LogP contribution in [-0.2, 0) is 14.8 Å². The molecular formula is C20H27N3O3S3. The minimum Gasteiger partial charge on any atom is -0.354 e. The molecule has 4 heterocycles. The minimum absolute atomic E-state index is 0.0307. The highest BCUT2D eigenvalue weighted by molar-refractivity contribution is 7.91. The average molecular weight is 454 g/mol. The quantitative estimate of drug-likeness (QED) is 0.699. The summed E-state index contributed by atoms with van der Waals surface area (Å²) in [5.41, 5.74) is 0. The Morgan fingerprint density at radius 1 is 1.10 bits per heavy atom. The summed E-state index contributed by atoms with van der Waals surface area (Å²) in [7, 11) is -3.50. The van der Waals surface area contributed by atoms with Gasteiger partial charge in [-0.15, -0.1) is 22.7 Å². The van der Waals surface area contributed by atoms with Crippen molar-refractivity contribution in [3.63, 3.8) is 0 Å². The molecular weight excluding hydrogens is 426 g/mol. The maximum atomic E-state index is 12.9. The van der Waals surface area contributed by atoms with E-state index in [2.05, 4.69) is 27.7 Å². The molecule has 158 valence electrons. The summed E-state index contributed by atoms with van der Waals surface area (Å²) in [4.78, 5) is 16.6. The van der Waals surface area contributed by atoms with Gasteiger partial charge in [-0.1, -0.05) is 12.1 Å². The number of sulfonamides is 1. The fourth-order valence-electron chi connectivity index (χ4n) is 4.20. The molecule has 2 saturated heterocycles. The number of rotatable bonds is 7. The minimum atomic E-state index is -3.50. The van der Waals surface area contributed by atoms with Crippen molar-refractivity contribution in [1.82, 2.24) is 14.5 Å². The molecule has 0 unspecified atom stereocenters. The van der Waals surface area contributed by atoms with E-state index in [4.69, 9.17) is 0 Å². The Bertz CT molecular complexity index is 891. The van der Waals surface area contributed by atoms with Crippen LogP contribution in [0.5, 0.6) is 0 Å². The number of nitrogens with zero attached hydrogens (tertiary/aromatic N) is 2. The number of hydrogen-bond acceptors (Lipinski definition) is 6. The fraction of sp³-hybridized carbons (Fsp3) is 0.550. The molecule has 0 saturated carbocycles. The molecule has 2 aliphatic heterocycles. The Labute approximate surface area is 180 Å². The van der Waals surface area contributed by atoms with Crippen molar-refractivity contribution in [2.75, 3.05) is 32.7 Å². The van der Waals surface area contributed by atoms with Gasteiger partial charge in [0.15, 0.2) is 0 Å². The van der Waals surface area contributed by atoms with E-state index in [0.717, 1.165) is 19.5 Å². The fourth-order valence-corrected chi connectivity index (χ4v) is 7.73. The van der Waals surface area contributed by atoms with Crippen LogP contribution in [0.2, 0.25) is 0 Å². The SMILES string of the molecule is O=C(NC[C@H](c1cccs1)N1CCCC1)[C@@H]1CCCN(S(=O)(=O)c2cccs2)C1. The van der Waals surface area contributed by atoms with Crippen molar-refractivity contribution < 1.29 is 13.2 Å². The average Bonchev–Trinajstić information content (AvgIpc) is 3.51. The van der Waals surface area contributed by atoms with Crippen LogP contribution < -0.4 is 5.32 Å². The van der Waals surface area contributed by atoms with Gasteiger partial charge in [0.25, 0.3) is 10.0 Å². The van der Waals surface area contributed by atoms with Crippen LogP contribution in [0.1, 0.15) is 36.6 Å². The van der Waals surface area contributed by atoms with Gasteiger partial charge in [0, 0.05) is 24.5 Å². The van der Waals surface area contributed by atoms with Crippen LogP contribution in [-0.4, -0.2) is 56.3 Å². The van der Waals surface area contributed by atoms with E-state index in [1.54, 1.807) is 28.8 Å². The molecule has 2 atom stereocenters. The van der Waals surface area contributed by atoms with Crippen molar-refractivity contribution in [2.45, 2.75) is 35.9 Å². The summed E-state index contributed by atoms with van der Waals surface area (Å²) in [6.45, 7) is 3.45. The number of carbonyl (C=O) groups is 1. The highest BCUT2D eigenvalue weighted by Crippen LogP contribution is 2.29. The lowest BCUT2D eigenvalue weighted by atomic mass is 9.98. The van der Waals surface area contributed by atoms with E-state index in [1.165, 1.54) is 33.4 Å². The molecule has 0 aliphatic carbocycles. The second-order valence-electron chi connectivity index (χ2n) is 7.65. The number of amides is 1. The van der Waals surface area contributed by atoms with Crippen molar-refractivity contribution in [2.24, 2.45) is 5.92 Å². The third-order valence-corrected chi connectivity index (χ3v) is 9.98. The van der Waals surface area contributed by atoms with Crippen molar-refractivity contribution in [1.29, 1.82) is 0 Å². The molecule has 4 rings (SSSR count). The van der Waals surface area contributed by atoms with Crippen LogP contribution in [0.25, 0.3) is 0 Å². The molecule has 0 bridgehead atoms. The summed E-state index contributed by atoms with van der Waals surface area (Å²) in [6.07, 6.45) is 3.85. The third-order valence-electron chi connectivity index (χ3n) is 5.77. The Balaban J connectivity index is 1.39. The molecule has 6 nitrogen and oxygen atoms in total. The number of piperidine rings is 1. The molecule has 2 aromatic rings. The highest BCUT2D eigenvalue weighted by atomic mass is 32.2. The Morgan fingerprint density at radius 2 is 1.86 bits per heavy atom. The zero-order chi connectivity index (χ0) is 20.3. The highest BCUT2D eigenvalue weighted by Gasteiger charge is 2.34. The van der Waals surface area contributed by atoms with Crippen LogP contribution >= 0.6 is 22.7 Å². The first-order chi connectivity index (χ1) is 14.1. The summed E-state index contributed by atoms with van der Waals surface area (Å²) >= 11 is 2.95. The lowest BCUT2D eigenvalue weighted by molar-refractivity contribution is -0.126. The molecule has 0 spiro atoms. The normalized spacial score (nSPS) is 22.6. The van der Waals surface area contributed by atoms with Gasteiger partial charge < -0.3 is 5.32 Å². The number of thiophene rings is 2. The molecule has 2 aliphatic rings. The van der Waals surface area contributed by atoms with E-state index in [-0.39, 0.29) is 24.4 Å². The maximum Gasteiger partial charge on any atom is 0.252 e. The van der Waals surface area contributed by atoms with Gasteiger partial charge in [0.2, 0.25) is 5.91 Å². The number of carbonyl (C=O) groups excluding carboxylic acids is 1. The van der Waals surface area contributed by atoms with Gasteiger partial charge in [0.1, 0.15) is 4.21 Å². The summed E-state index contributed by atoms with van der Waals surface area (Å²) in [6, 6.07) is 7.77. The van der Waals surface area contributed by atoms with Crippen LogP contribution in [0.4, 0.5) is 0 Å². The van der Waals surface area contributed by atoms with Gasteiger partial charge >= 0.3 is 0 Å². The summed E-state index contributed by atoms with van der Waals surface area (Å²) < 4.78 is 27.5. The first-order valence-corrected chi connectivity index (χ1v) is 13.3. The predicted octanol–water partition coefficient (Wildman–Crippen LogP) is 3.16. The van der Waals surface area contributed by atoms with E-state index in [1.807, 2.05) is 0 Å². The Hall–Kier alpha value is -1.26. The Morgan fingerprint density at radius 3 is 2.55 bits per heavy atom. The molecule has 2 fully saturated rings. The molecule has 0 radical (unpaired) electrons. The van der Waals surface area contributed by atoms with Crippen molar-refractivity contribution >= 4 is 38.6 Å². The first-order valence-electron chi connectivity index (χ1n) is 10.1. The number of nitrogens with one attached hydrogen (secondary N) is 1. The van der Waals surface area contributed by atoms with Gasteiger partial charge in [-0.05, 0) is 61.7 Å². The third kappa shape index (κ3) is 4.74. The van der Waals surface area contributed by atoms with Gasteiger partial charge in [-0.25, -0.2) is 8.42 Å². The number of likely N-dealkylation sites (tertiary alicyclic amines) is 1. The van der Waals surface area contributed by atoms with E-state index < -0.39 is 10.0 Å². The van der Waals surface area contributed by atoms with Gasteiger partial charge in [0.05, 0.1) is 12.0 Å². The zero-order valence-corrected chi connectivity index (χ0v) is 18.8. The molecule has 0 aromatic carbocycles. The molecule has 29 heavy (non-hydrogen) atoms. The largest absolute Gasteiger partial charge is 0.354 e. The first kappa shape index (κ1) is 21.0. The number of hydrogen-bond donors (Lipinski definition) is 1. The van der Waals surface area contributed by atoms with Crippen molar-refractivity contribution in [3.05, 3.63) is 39.9 Å². The van der Waals surface area contributed by atoms with Crippen LogP contribution in [0, 0.1) is 5.92 Å². The van der Waals surface area contributed by atoms with E-state index >= 15 is 0 Å². The summed E-state index contributed by atoms with van der Waals surface area (Å²) in [5.74, 6) is -0.321. The van der Waals surface area contributed by atoms with Crippen LogP contribution in [0.15, 0.2) is 39.2 Å². The monoisotopic (exact) mass is 453 g/mol. The molecule has 1 N–H and O–H groups in total. The lowest BCUT2D eigenvalue weighted by Crippen LogP contribution is -2.46. The Kier molecular flexibility index (Phi) is 6.70. The van der Waals surface area contributed by atoms with Crippen LogP contribution in [0.3, 0.4) is 0 Å². The predicted molar refractivity (Wildman–Crippen MR) is 117 cm³/mol.